The molecule has 2 atom stereocenters. The summed E-state index contributed by atoms with van der Waals surface area (Å²) in [4.78, 5) is 57.6. The molecule has 3 aliphatic rings. The number of hydrogen-bond acceptors (Lipinski definition) is 6. The summed E-state index contributed by atoms with van der Waals surface area (Å²) in [5.41, 5.74) is 1.58. The van der Waals surface area contributed by atoms with E-state index in [1.165, 1.54) is 0 Å². The smallest absolute Gasteiger partial charge is 0.355 e. The largest absolute Gasteiger partial charge is 0.378 e. The summed E-state index contributed by atoms with van der Waals surface area (Å²) in [6.07, 6.45) is 6.46. The highest BCUT2D eigenvalue weighted by molar-refractivity contribution is 5.99. The van der Waals surface area contributed by atoms with Crippen molar-refractivity contribution in [3.05, 3.63) is 47.8 Å². The van der Waals surface area contributed by atoms with Crippen LogP contribution in [0.15, 0.2) is 42.2 Å². The van der Waals surface area contributed by atoms with E-state index in [4.69, 9.17) is 14.5 Å². The summed E-state index contributed by atoms with van der Waals surface area (Å²) in [5.74, 6) is -1.74. The molecule has 0 saturated carbocycles. The Kier molecular flexibility index (Phi) is 7.11. The van der Waals surface area contributed by atoms with Gasteiger partial charge in [-0.15, -0.1) is 0 Å². The third-order valence-corrected chi connectivity index (χ3v) is 7.66. The SMILES string of the molecule is CCOOC(=O)[C@]12CCCC=C1N(CCc1c[nH]c3ccccc13)C(=O)[C@H]2CC(=O)N1CCOCC1. The van der Waals surface area contributed by atoms with Crippen molar-refractivity contribution in [3.8, 4) is 0 Å². The summed E-state index contributed by atoms with van der Waals surface area (Å²) < 4.78 is 5.37. The molecule has 0 radical (unpaired) electrons. The van der Waals surface area contributed by atoms with E-state index in [0.717, 1.165) is 29.3 Å². The van der Waals surface area contributed by atoms with Gasteiger partial charge < -0.3 is 19.5 Å². The first-order valence-electron chi connectivity index (χ1n) is 12.8. The molecule has 2 saturated heterocycles. The third kappa shape index (κ3) is 4.30. The zero-order valence-electron chi connectivity index (χ0n) is 20.7. The normalized spacial score (nSPS) is 24.1. The average molecular weight is 496 g/mol. The quantitative estimate of drug-likeness (QED) is 0.446. The van der Waals surface area contributed by atoms with Gasteiger partial charge >= 0.3 is 5.97 Å². The predicted molar refractivity (Wildman–Crippen MR) is 131 cm³/mol. The number of amides is 2. The second-order valence-electron chi connectivity index (χ2n) is 9.58. The minimum atomic E-state index is -1.22. The Morgan fingerprint density at radius 1 is 1.22 bits per heavy atom. The molecule has 2 aliphatic heterocycles. The number of aromatic amines is 1. The molecule has 1 aromatic heterocycles. The second kappa shape index (κ2) is 10.4. The molecular weight excluding hydrogens is 462 g/mol. The summed E-state index contributed by atoms with van der Waals surface area (Å²) in [6, 6.07) is 8.05. The maximum atomic E-state index is 13.9. The van der Waals surface area contributed by atoms with E-state index < -0.39 is 17.3 Å². The first kappa shape index (κ1) is 24.5. The number of aromatic nitrogens is 1. The number of morpholine rings is 1. The number of allylic oxidation sites excluding steroid dienone is 1. The summed E-state index contributed by atoms with van der Waals surface area (Å²) in [6.45, 7) is 4.28. The number of carbonyl (C=O) groups is 3. The fourth-order valence-electron chi connectivity index (χ4n) is 5.87. The van der Waals surface area contributed by atoms with E-state index in [-0.39, 0.29) is 24.8 Å². The number of likely N-dealkylation sites (tertiary alicyclic amines) is 1. The highest BCUT2D eigenvalue weighted by atomic mass is 17.2. The molecule has 192 valence electrons. The lowest BCUT2D eigenvalue weighted by Gasteiger charge is -2.35. The Labute approximate surface area is 210 Å². The number of nitrogens with zero attached hydrogens (tertiary/aromatic N) is 2. The number of para-hydroxylation sites is 1. The highest BCUT2D eigenvalue weighted by Crippen LogP contribution is 2.54. The fourth-order valence-corrected chi connectivity index (χ4v) is 5.87. The minimum absolute atomic E-state index is 0.0407. The van der Waals surface area contributed by atoms with Gasteiger partial charge in [0, 0.05) is 48.9 Å². The van der Waals surface area contributed by atoms with Crippen LogP contribution in [0.4, 0.5) is 0 Å². The van der Waals surface area contributed by atoms with Crippen LogP contribution in [0.3, 0.4) is 0 Å². The van der Waals surface area contributed by atoms with Crippen molar-refractivity contribution in [3.63, 3.8) is 0 Å². The van der Waals surface area contributed by atoms with Crippen LogP contribution in [0.2, 0.25) is 0 Å². The second-order valence-corrected chi connectivity index (χ2v) is 9.58. The summed E-state index contributed by atoms with van der Waals surface area (Å²) in [7, 11) is 0. The first-order chi connectivity index (χ1) is 17.6. The van der Waals surface area contributed by atoms with Gasteiger partial charge in [0.15, 0.2) is 0 Å². The topological polar surface area (TPSA) is 101 Å². The van der Waals surface area contributed by atoms with Gasteiger partial charge in [-0.2, -0.15) is 4.89 Å². The fraction of sp³-hybridized carbons (Fsp3) is 0.519. The van der Waals surface area contributed by atoms with Crippen LogP contribution in [0.5, 0.6) is 0 Å². The number of ether oxygens (including phenoxy) is 1. The number of carbonyl (C=O) groups excluding carboxylic acids is 3. The number of fused-ring (bicyclic) bond motifs is 2. The van der Waals surface area contributed by atoms with E-state index in [2.05, 4.69) is 11.1 Å². The van der Waals surface area contributed by atoms with Gasteiger partial charge in [-0.1, -0.05) is 24.3 Å². The van der Waals surface area contributed by atoms with Crippen molar-refractivity contribution >= 4 is 28.7 Å². The van der Waals surface area contributed by atoms with Crippen molar-refractivity contribution in [2.75, 3.05) is 39.5 Å². The molecule has 36 heavy (non-hydrogen) atoms. The number of nitrogens with one attached hydrogen (secondary N) is 1. The molecule has 5 rings (SSSR count). The zero-order chi connectivity index (χ0) is 25.1. The van der Waals surface area contributed by atoms with E-state index >= 15 is 0 Å². The molecule has 3 heterocycles. The Bertz CT molecular complexity index is 1170. The van der Waals surface area contributed by atoms with Gasteiger partial charge in [0.05, 0.1) is 25.7 Å². The van der Waals surface area contributed by atoms with Crippen molar-refractivity contribution < 1.29 is 28.9 Å². The van der Waals surface area contributed by atoms with Gasteiger partial charge in [-0.3, -0.25) is 14.5 Å². The van der Waals surface area contributed by atoms with Crippen LogP contribution in [-0.4, -0.2) is 72.0 Å². The van der Waals surface area contributed by atoms with Crippen LogP contribution >= 0.6 is 0 Å². The van der Waals surface area contributed by atoms with Crippen LogP contribution in [0.1, 0.15) is 38.2 Å². The van der Waals surface area contributed by atoms with E-state index in [1.54, 1.807) is 16.7 Å². The van der Waals surface area contributed by atoms with Crippen LogP contribution in [-0.2, 0) is 35.3 Å². The summed E-state index contributed by atoms with van der Waals surface area (Å²) >= 11 is 0. The minimum Gasteiger partial charge on any atom is -0.378 e. The average Bonchev–Trinajstić information content (AvgIpc) is 3.43. The molecule has 2 fully saturated rings. The molecule has 1 N–H and O–H groups in total. The molecular formula is C27H33N3O6. The van der Waals surface area contributed by atoms with Gasteiger partial charge in [0.2, 0.25) is 11.8 Å². The Morgan fingerprint density at radius 2 is 2.03 bits per heavy atom. The molecule has 2 amide bonds. The van der Waals surface area contributed by atoms with Crippen molar-refractivity contribution in [2.45, 2.75) is 39.0 Å². The lowest BCUT2D eigenvalue weighted by atomic mass is 9.68. The molecule has 1 aliphatic carbocycles. The predicted octanol–water partition coefficient (Wildman–Crippen LogP) is 2.97. The van der Waals surface area contributed by atoms with Crippen LogP contribution in [0, 0.1) is 11.3 Å². The standard InChI is InChI=1S/C27H33N3O6/c1-2-35-36-26(33)27-11-6-5-9-23(27)30(12-10-19-18-28-22-8-4-3-7-20(19)22)25(32)21(27)17-24(31)29-13-15-34-16-14-29/h3-4,7-9,18,21,28H,2,5-6,10-17H2,1H3/t21-,27+/m1/s1. The van der Waals surface area contributed by atoms with E-state index in [0.29, 0.717) is 51.4 Å². The third-order valence-electron chi connectivity index (χ3n) is 7.66. The van der Waals surface area contributed by atoms with Gasteiger partial charge in [0.1, 0.15) is 5.41 Å². The number of hydrogen-bond donors (Lipinski definition) is 1. The van der Waals surface area contributed by atoms with Crippen LogP contribution < -0.4 is 0 Å². The number of rotatable bonds is 8. The molecule has 0 bridgehead atoms. The van der Waals surface area contributed by atoms with Crippen LogP contribution in [0.25, 0.3) is 10.9 Å². The lowest BCUT2D eigenvalue weighted by Crippen LogP contribution is -2.46. The van der Waals surface area contributed by atoms with Gasteiger partial charge in [0.25, 0.3) is 0 Å². The first-order valence-corrected chi connectivity index (χ1v) is 12.8. The summed E-state index contributed by atoms with van der Waals surface area (Å²) in [5, 5.41) is 1.11. The van der Waals surface area contributed by atoms with Gasteiger partial charge in [-0.25, -0.2) is 4.79 Å². The van der Waals surface area contributed by atoms with Crippen molar-refractivity contribution in [1.29, 1.82) is 0 Å². The monoisotopic (exact) mass is 495 g/mol. The molecule has 2 aromatic rings. The molecule has 0 unspecified atom stereocenters. The maximum Gasteiger partial charge on any atom is 0.355 e. The lowest BCUT2D eigenvalue weighted by molar-refractivity contribution is -0.278. The Morgan fingerprint density at radius 3 is 2.83 bits per heavy atom. The zero-order valence-corrected chi connectivity index (χ0v) is 20.7. The van der Waals surface area contributed by atoms with E-state index in [9.17, 15) is 14.4 Å². The Hall–Kier alpha value is -3.17. The Balaban J connectivity index is 1.44. The molecule has 9 nitrogen and oxygen atoms in total. The van der Waals surface area contributed by atoms with E-state index in [1.807, 2.05) is 30.5 Å². The number of H-pyrrole nitrogens is 1. The van der Waals surface area contributed by atoms with Crippen molar-refractivity contribution in [2.24, 2.45) is 11.3 Å². The highest BCUT2D eigenvalue weighted by Gasteiger charge is 2.62. The number of benzene rings is 1. The van der Waals surface area contributed by atoms with Gasteiger partial charge in [-0.05, 0) is 44.2 Å². The molecule has 0 spiro atoms. The maximum absolute atomic E-state index is 13.9. The van der Waals surface area contributed by atoms with Crippen molar-refractivity contribution in [1.82, 2.24) is 14.8 Å². The molecule has 9 heteroatoms. The molecule has 1 aromatic carbocycles.